The fourth-order valence-corrected chi connectivity index (χ4v) is 3.71. The minimum absolute atomic E-state index is 0.00801. The Labute approximate surface area is 191 Å². The van der Waals surface area contributed by atoms with Crippen LogP contribution in [0.4, 0.5) is 5.69 Å². The maximum absolute atomic E-state index is 12.7. The van der Waals surface area contributed by atoms with Crippen LogP contribution in [0.15, 0.2) is 69.0 Å². The molecule has 5 rings (SSSR count). The van der Waals surface area contributed by atoms with E-state index < -0.39 is 17.6 Å². The number of carbonyl (C=O) groups is 2. The van der Waals surface area contributed by atoms with Gasteiger partial charge in [-0.05, 0) is 30.3 Å². The molecule has 0 atom stereocenters. The van der Waals surface area contributed by atoms with Gasteiger partial charge in [0.05, 0.1) is 26.4 Å². The van der Waals surface area contributed by atoms with Gasteiger partial charge in [0.2, 0.25) is 0 Å². The van der Waals surface area contributed by atoms with Crippen LogP contribution in [0, 0.1) is 0 Å². The summed E-state index contributed by atoms with van der Waals surface area (Å²) in [4.78, 5) is 40.1. The Morgan fingerprint density at radius 1 is 0.971 bits per heavy atom. The molecule has 34 heavy (non-hydrogen) atoms. The standard InChI is InChI=1S/C23H18N4O7/c1-31-21(28)15-11-33-12-26(20(15)23(30)32-2)14-8-7-13-9-18(22(29)34-19(13)10-14)27-24-16-5-3-4-6-17(16)25-27/h3-10H,11-12H2,1-2H3. The second-order valence-electron chi connectivity index (χ2n) is 7.34. The van der Waals surface area contributed by atoms with Crippen LogP contribution in [0.5, 0.6) is 0 Å². The molecule has 0 amide bonds. The van der Waals surface area contributed by atoms with Crippen molar-refractivity contribution in [1.82, 2.24) is 15.0 Å². The number of esters is 2. The Hall–Kier alpha value is -4.51. The van der Waals surface area contributed by atoms with Crippen molar-refractivity contribution < 1.29 is 28.2 Å². The van der Waals surface area contributed by atoms with E-state index in [4.69, 9.17) is 18.6 Å². The number of ether oxygens (including phenoxy) is 3. The fraction of sp³-hybridized carbons (Fsp3) is 0.174. The van der Waals surface area contributed by atoms with Crippen molar-refractivity contribution in [2.24, 2.45) is 0 Å². The van der Waals surface area contributed by atoms with Crippen molar-refractivity contribution in [2.75, 3.05) is 32.5 Å². The zero-order valence-electron chi connectivity index (χ0n) is 18.2. The van der Waals surface area contributed by atoms with Crippen molar-refractivity contribution in [3.05, 3.63) is 70.2 Å². The molecule has 172 valence electrons. The van der Waals surface area contributed by atoms with Gasteiger partial charge < -0.3 is 23.5 Å². The second-order valence-corrected chi connectivity index (χ2v) is 7.34. The van der Waals surface area contributed by atoms with Crippen LogP contribution in [-0.4, -0.2) is 54.5 Å². The first-order valence-electron chi connectivity index (χ1n) is 10.2. The number of benzene rings is 2. The molecule has 2 aromatic heterocycles. The summed E-state index contributed by atoms with van der Waals surface area (Å²) in [6, 6.07) is 13.9. The maximum Gasteiger partial charge on any atom is 0.364 e. The Balaban J connectivity index is 1.59. The smallest absolute Gasteiger partial charge is 0.364 e. The van der Waals surface area contributed by atoms with E-state index in [1.807, 2.05) is 12.1 Å². The highest BCUT2D eigenvalue weighted by molar-refractivity contribution is 6.03. The summed E-state index contributed by atoms with van der Waals surface area (Å²) in [5.74, 6) is -1.43. The molecule has 2 aromatic carbocycles. The number of methoxy groups -OCH3 is 2. The Morgan fingerprint density at radius 2 is 1.68 bits per heavy atom. The molecule has 0 bridgehead atoms. The molecule has 0 radical (unpaired) electrons. The summed E-state index contributed by atoms with van der Waals surface area (Å²) in [5.41, 5.74) is 1.53. The molecule has 11 nitrogen and oxygen atoms in total. The van der Waals surface area contributed by atoms with Gasteiger partial charge in [0.15, 0.2) is 5.69 Å². The molecule has 0 saturated heterocycles. The molecule has 4 aromatic rings. The lowest BCUT2D eigenvalue weighted by atomic mass is 10.1. The predicted octanol–water partition coefficient (Wildman–Crippen LogP) is 1.92. The Bertz CT molecular complexity index is 1500. The highest BCUT2D eigenvalue weighted by Crippen LogP contribution is 2.29. The predicted molar refractivity (Wildman–Crippen MR) is 119 cm³/mol. The third-order valence-corrected chi connectivity index (χ3v) is 5.35. The van der Waals surface area contributed by atoms with Crippen molar-refractivity contribution in [3.8, 4) is 5.69 Å². The fourth-order valence-electron chi connectivity index (χ4n) is 3.71. The number of rotatable bonds is 4. The molecule has 0 N–H and O–H groups in total. The van der Waals surface area contributed by atoms with Crippen LogP contribution in [0.2, 0.25) is 0 Å². The van der Waals surface area contributed by atoms with Crippen LogP contribution >= 0.6 is 0 Å². The maximum atomic E-state index is 12.7. The van der Waals surface area contributed by atoms with Gasteiger partial charge in [-0.15, -0.1) is 15.0 Å². The molecule has 1 aliphatic heterocycles. The van der Waals surface area contributed by atoms with Crippen LogP contribution in [-0.2, 0) is 23.8 Å². The van der Waals surface area contributed by atoms with Crippen molar-refractivity contribution >= 4 is 39.6 Å². The van der Waals surface area contributed by atoms with E-state index in [0.717, 1.165) is 0 Å². The molecule has 1 aliphatic rings. The van der Waals surface area contributed by atoms with Crippen molar-refractivity contribution in [1.29, 1.82) is 0 Å². The summed E-state index contributed by atoms with van der Waals surface area (Å²) in [6.45, 7) is -0.132. The molecule has 0 unspecified atom stereocenters. The van der Waals surface area contributed by atoms with Gasteiger partial charge >= 0.3 is 17.6 Å². The first-order chi connectivity index (χ1) is 16.5. The van der Waals surface area contributed by atoms with Crippen LogP contribution in [0.1, 0.15) is 0 Å². The molecule has 0 saturated carbocycles. The highest BCUT2D eigenvalue weighted by atomic mass is 16.5. The SMILES string of the molecule is COC(=O)C1=C(C(=O)OC)N(c2ccc3cc(-n4nc5ccccc5n4)c(=O)oc3c2)COC1. The Morgan fingerprint density at radius 3 is 2.35 bits per heavy atom. The van der Waals surface area contributed by atoms with E-state index >= 15 is 0 Å². The third-order valence-electron chi connectivity index (χ3n) is 5.35. The van der Waals surface area contributed by atoms with E-state index in [-0.39, 0.29) is 35.9 Å². The normalized spacial score (nSPS) is 14.0. The van der Waals surface area contributed by atoms with Crippen LogP contribution in [0.3, 0.4) is 0 Å². The average molecular weight is 462 g/mol. The molecule has 3 heterocycles. The monoisotopic (exact) mass is 462 g/mol. The quantitative estimate of drug-likeness (QED) is 0.328. The van der Waals surface area contributed by atoms with Gasteiger partial charge in [0.25, 0.3) is 0 Å². The van der Waals surface area contributed by atoms with E-state index in [2.05, 4.69) is 10.2 Å². The van der Waals surface area contributed by atoms with E-state index in [9.17, 15) is 14.4 Å². The molecular formula is C23H18N4O7. The number of hydrogen-bond acceptors (Lipinski definition) is 10. The largest absolute Gasteiger partial charge is 0.466 e. The molecule has 0 fully saturated rings. The first kappa shape index (κ1) is 21.3. The van der Waals surface area contributed by atoms with Gasteiger partial charge in [-0.3, -0.25) is 0 Å². The number of aromatic nitrogens is 3. The van der Waals surface area contributed by atoms with E-state index in [1.165, 1.54) is 23.9 Å². The zero-order valence-corrected chi connectivity index (χ0v) is 18.2. The molecule has 0 spiro atoms. The number of carbonyl (C=O) groups excluding carboxylic acids is 2. The average Bonchev–Trinajstić information content (AvgIpc) is 3.30. The van der Waals surface area contributed by atoms with Crippen LogP contribution < -0.4 is 10.5 Å². The Kier molecular flexibility index (Phi) is 5.30. The summed E-state index contributed by atoms with van der Waals surface area (Å²) in [7, 11) is 2.43. The van der Waals surface area contributed by atoms with Gasteiger partial charge in [-0.25, -0.2) is 14.4 Å². The summed E-state index contributed by atoms with van der Waals surface area (Å²) in [6.07, 6.45) is 0. The van der Waals surface area contributed by atoms with Crippen molar-refractivity contribution in [2.45, 2.75) is 0 Å². The number of hydrogen-bond donors (Lipinski definition) is 0. The third kappa shape index (κ3) is 3.57. The lowest BCUT2D eigenvalue weighted by Gasteiger charge is -2.31. The molecule has 0 aliphatic carbocycles. The number of anilines is 1. The number of nitrogens with zero attached hydrogens (tertiary/aromatic N) is 4. The molecular weight excluding hydrogens is 444 g/mol. The molecule has 11 heteroatoms. The second kappa shape index (κ2) is 8.45. The summed E-state index contributed by atoms with van der Waals surface area (Å²) < 4.78 is 20.7. The van der Waals surface area contributed by atoms with Gasteiger partial charge in [-0.2, -0.15) is 0 Å². The van der Waals surface area contributed by atoms with Crippen LogP contribution in [0.25, 0.3) is 27.7 Å². The van der Waals surface area contributed by atoms with Gasteiger partial charge in [0.1, 0.15) is 29.0 Å². The van der Waals surface area contributed by atoms with Gasteiger partial charge in [-0.1, -0.05) is 12.1 Å². The van der Waals surface area contributed by atoms with E-state index in [1.54, 1.807) is 36.4 Å². The topological polar surface area (TPSA) is 126 Å². The zero-order chi connectivity index (χ0) is 23.8. The van der Waals surface area contributed by atoms with Crippen molar-refractivity contribution in [3.63, 3.8) is 0 Å². The highest BCUT2D eigenvalue weighted by Gasteiger charge is 2.32. The summed E-state index contributed by atoms with van der Waals surface area (Å²) >= 11 is 0. The minimum Gasteiger partial charge on any atom is -0.466 e. The van der Waals surface area contributed by atoms with E-state index in [0.29, 0.717) is 22.1 Å². The minimum atomic E-state index is -0.725. The lowest BCUT2D eigenvalue weighted by Crippen LogP contribution is -2.38. The summed E-state index contributed by atoms with van der Waals surface area (Å²) in [5, 5.41) is 9.27. The number of fused-ring (bicyclic) bond motifs is 2. The van der Waals surface area contributed by atoms with Gasteiger partial charge in [0, 0.05) is 17.1 Å². The first-order valence-corrected chi connectivity index (χ1v) is 10.2. The lowest BCUT2D eigenvalue weighted by molar-refractivity contribution is -0.140.